The summed E-state index contributed by atoms with van der Waals surface area (Å²) < 4.78 is 18.3. The van der Waals surface area contributed by atoms with E-state index in [2.05, 4.69) is 0 Å². The molecule has 1 aliphatic rings. The zero-order chi connectivity index (χ0) is 17.1. The molecule has 1 saturated heterocycles. The van der Waals surface area contributed by atoms with Crippen molar-refractivity contribution in [1.29, 1.82) is 0 Å². The molecule has 126 valence electrons. The summed E-state index contributed by atoms with van der Waals surface area (Å²) >= 11 is 5.79. The van der Waals surface area contributed by atoms with Crippen LogP contribution in [0.4, 0.5) is 14.9 Å². The van der Waals surface area contributed by atoms with Crippen LogP contribution in [-0.4, -0.2) is 25.3 Å². The van der Waals surface area contributed by atoms with Crippen molar-refractivity contribution in [2.45, 2.75) is 18.9 Å². The molecule has 0 aromatic heterocycles. The number of ether oxygens (including phenoxy) is 1. The van der Waals surface area contributed by atoms with E-state index in [4.69, 9.17) is 22.1 Å². The fraction of sp³-hybridized carbons (Fsp3) is 0.278. The third kappa shape index (κ3) is 3.68. The average Bonchev–Trinajstić information content (AvgIpc) is 2.97. The number of anilines is 1. The molecule has 1 atom stereocenters. The molecule has 3 rings (SSSR count). The minimum absolute atomic E-state index is 0.143. The van der Waals surface area contributed by atoms with E-state index in [1.54, 1.807) is 17.0 Å². The van der Waals surface area contributed by atoms with Crippen LogP contribution in [0.15, 0.2) is 42.5 Å². The van der Waals surface area contributed by atoms with Crippen molar-refractivity contribution in [1.82, 2.24) is 0 Å². The zero-order valence-corrected chi connectivity index (χ0v) is 13.8. The summed E-state index contributed by atoms with van der Waals surface area (Å²) in [6, 6.07) is 12.5. The van der Waals surface area contributed by atoms with Gasteiger partial charge in [0.15, 0.2) is 0 Å². The lowest BCUT2D eigenvalue weighted by atomic mass is 10.0. The molecule has 0 saturated carbocycles. The Hall–Kier alpha value is -2.11. The number of carbonyl (C=O) groups is 1. The van der Waals surface area contributed by atoms with E-state index in [1.165, 1.54) is 6.07 Å². The van der Waals surface area contributed by atoms with Crippen LogP contribution < -0.4 is 10.6 Å². The molecular weight excluding hydrogens is 331 g/mol. The maximum absolute atomic E-state index is 13.2. The number of aryl methyl sites for hydroxylation is 2. The van der Waals surface area contributed by atoms with Gasteiger partial charge < -0.3 is 10.5 Å². The topological polar surface area (TPSA) is 55.6 Å². The van der Waals surface area contributed by atoms with Crippen LogP contribution in [0.2, 0.25) is 5.02 Å². The zero-order valence-electron chi connectivity index (χ0n) is 13.0. The Morgan fingerprint density at radius 2 is 1.83 bits per heavy atom. The van der Waals surface area contributed by atoms with Gasteiger partial charge in [0.2, 0.25) is 0 Å². The molecule has 6 heteroatoms. The number of nitrogens with two attached hydrogens (primary N) is 1. The first-order chi connectivity index (χ1) is 11.6. The van der Waals surface area contributed by atoms with Crippen molar-refractivity contribution in [2.24, 2.45) is 5.73 Å². The summed E-state index contributed by atoms with van der Waals surface area (Å²) in [7, 11) is 0. The number of hydrogen-bond acceptors (Lipinski definition) is 3. The third-order valence-corrected chi connectivity index (χ3v) is 4.36. The predicted octanol–water partition coefficient (Wildman–Crippen LogP) is 3.55. The second kappa shape index (κ2) is 7.20. The summed E-state index contributed by atoms with van der Waals surface area (Å²) in [6.45, 7) is 0.795. The second-order valence-electron chi connectivity index (χ2n) is 5.77. The molecule has 1 aliphatic heterocycles. The van der Waals surface area contributed by atoms with Gasteiger partial charge in [0, 0.05) is 12.2 Å². The first kappa shape index (κ1) is 16.7. The number of benzene rings is 2. The van der Waals surface area contributed by atoms with Gasteiger partial charge in [-0.15, -0.1) is 0 Å². The number of carbonyl (C=O) groups excluding carboxylic acids is 1. The Balaban J connectivity index is 1.62. The molecule has 2 aromatic carbocycles. The normalized spacial score (nSPS) is 17.2. The molecule has 0 aliphatic carbocycles. The number of rotatable bonds is 5. The summed E-state index contributed by atoms with van der Waals surface area (Å²) in [5.74, 6) is -0.405. The number of halogens is 2. The van der Waals surface area contributed by atoms with E-state index in [9.17, 15) is 9.18 Å². The molecule has 1 unspecified atom stereocenters. The highest BCUT2D eigenvalue weighted by Crippen LogP contribution is 2.23. The SMILES string of the molecule is NCC1CN(c2ccc(CCc3ccc(F)c(Cl)c3)cc2)C(=O)O1. The van der Waals surface area contributed by atoms with Crippen LogP contribution in [0.1, 0.15) is 11.1 Å². The summed E-state index contributed by atoms with van der Waals surface area (Å²) in [5, 5.41) is 0.143. The van der Waals surface area contributed by atoms with Gasteiger partial charge in [0.05, 0.1) is 11.6 Å². The molecular formula is C18H18ClFN2O2. The van der Waals surface area contributed by atoms with Gasteiger partial charge in [-0.05, 0) is 48.2 Å². The standard InChI is InChI=1S/C18H18ClFN2O2/c19-16-9-13(5-8-17(16)20)2-1-12-3-6-14(7-4-12)22-11-15(10-21)24-18(22)23/h3-9,15H,1-2,10-11,21H2. The lowest BCUT2D eigenvalue weighted by Gasteiger charge is -2.13. The van der Waals surface area contributed by atoms with Crippen molar-refractivity contribution >= 4 is 23.4 Å². The summed E-state index contributed by atoms with van der Waals surface area (Å²) in [4.78, 5) is 13.4. The second-order valence-corrected chi connectivity index (χ2v) is 6.17. The quantitative estimate of drug-likeness (QED) is 0.899. The Morgan fingerprint density at radius 1 is 1.17 bits per heavy atom. The van der Waals surface area contributed by atoms with Crippen LogP contribution in [0, 0.1) is 5.82 Å². The van der Waals surface area contributed by atoms with E-state index >= 15 is 0 Å². The van der Waals surface area contributed by atoms with Gasteiger partial charge in [-0.25, -0.2) is 9.18 Å². The fourth-order valence-electron chi connectivity index (χ4n) is 2.68. The third-order valence-electron chi connectivity index (χ3n) is 4.07. The maximum Gasteiger partial charge on any atom is 0.414 e. The highest BCUT2D eigenvalue weighted by atomic mass is 35.5. The van der Waals surface area contributed by atoms with Crippen molar-refractivity contribution < 1.29 is 13.9 Å². The first-order valence-corrected chi connectivity index (χ1v) is 8.15. The van der Waals surface area contributed by atoms with Crippen molar-refractivity contribution in [3.8, 4) is 0 Å². The minimum atomic E-state index is -0.405. The predicted molar refractivity (Wildman–Crippen MR) is 91.9 cm³/mol. The van der Waals surface area contributed by atoms with Gasteiger partial charge in [0.1, 0.15) is 11.9 Å². The van der Waals surface area contributed by atoms with Crippen molar-refractivity contribution in [3.63, 3.8) is 0 Å². The van der Waals surface area contributed by atoms with E-state index in [-0.39, 0.29) is 17.2 Å². The average molecular weight is 349 g/mol. The molecule has 1 amide bonds. The van der Waals surface area contributed by atoms with E-state index in [1.807, 2.05) is 24.3 Å². The molecule has 2 aromatic rings. The minimum Gasteiger partial charge on any atom is -0.443 e. The van der Waals surface area contributed by atoms with Gasteiger partial charge in [-0.3, -0.25) is 4.90 Å². The van der Waals surface area contributed by atoms with Crippen LogP contribution >= 0.6 is 11.6 Å². The summed E-state index contributed by atoms with van der Waals surface area (Å²) in [5.41, 5.74) is 8.45. The lowest BCUT2D eigenvalue weighted by molar-refractivity contribution is 0.145. The van der Waals surface area contributed by atoms with Crippen LogP contribution in [-0.2, 0) is 17.6 Å². The number of nitrogens with zero attached hydrogens (tertiary/aromatic N) is 1. The maximum atomic E-state index is 13.2. The fourth-order valence-corrected chi connectivity index (χ4v) is 2.88. The van der Waals surface area contributed by atoms with E-state index < -0.39 is 5.82 Å². The van der Waals surface area contributed by atoms with Crippen molar-refractivity contribution in [3.05, 3.63) is 64.4 Å². The van der Waals surface area contributed by atoms with E-state index in [0.29, 0.717) is 13.1 Å². The lowest BCUT2D eigenvalue weighted by Crippen LogP contribution is -2.27. The van der Waals surface area contributed by atoms with Crippen LogP contribution in [0.25, 0.3) is 0 Å². The Labute approximate surface area is 145 Å². The van der Waals surface area contributed by atoms with Crippen LogP contribution in [0.5, 0.6) is 0 Å². The molecule has 4 nitrogen and oxygen atoms in total. The largest absolute Gasteiger partial charge is 0.443 e. The van der Waals surface area contributed by atoms with E-state index in [0.717, 1.165) is 29.7 Å². The Kier molecular flexibility index (Phi) is 5.02. The molecule has 2 N–H and O–H groups in total. The molecule has 24 heavy (non-hydrogen) atoms. The smallest absolute Gasteiger partial charge is 0.414 e. The van der Waals surface area contributed by atoms with Crippen molar-refractivity contribution in [2.75, 3.05) is 18.0 Å². The molecule has 0 bridgehead atoms. The molecule has 1 heterocycles. The van der Waals surface area contributed by atoms with Crippen LogP contribution in [0.3, 0.4) is 0 Å². The van der Waals surface area contributed by atoms with Gasteiger partial charge in [-0.1, -0.05) is 29.8 Å². The Bertz CT molecular complexity index is 736. The first-order valence-electron chi connectivity index (χ1n) is 7.78. The van der Waals surface area contributed by atoms with Gasteiger partial charge in [0.25, 0.3) is 0 Å². The van der Waals surface area contributed by atoms with Gasteiger partial charge in [-0.2, -0.15) is 0 Å². The number of amides is 1. The highest BCUT2D eigenvalue weighted by molar-refractivity contribution is 6.30. The monoisotopic (exact) mass is 348 g/mol. The molecule has 0 radical (unpaired) electrons. The molecule has 1 fully saturated rings. The van der Waals surface area contributed by atoms with Gasteiger partial charge >= 0.3 is 6.09 Å². The summed E-state index contributed by atoms with van der Waals surface area (Å²) in [6.07, 6.45) is 0.956. The Morgan fingerprint density at radius 3 is 2.46 bits per heavy atom. The number of hydrogen-bond donors (Lipinski definition) is 1. The highest BCUT2D eigenvalue weighted by Gasteiger charge is 2.31. The number of cyclic esters (lactones) is 1. The molecule has 0 spiro atoms.